The van der Waals surface area contributed by atoms with Crippen LogP contribution in [0.5, 0.6) is 0 Å². The van der Waals surface area contributed by atoms with Crippen molar-refractivity contribution in [2.75, 3.05) is 6.54 Å². The first-order valence-corrected chi connectivity index (χ1v) is 5.72. The summed E-state index contributed by atoms with van der Waals surface area (Å²) in [5.74, 6) is -0.175. The molecule has 2 rings (SSSR count). The summed E-state index contributed by atoms with van der Waals surface area (Å²) in [7, 11) is 0. The van der Waals surface area contributed by atoms with E-state index in [9.17, 15) is 4.39 Å². The van der Waals surface area contributed by atoms with Gasteiger partial charge in [-0.3, -0.25) is 4.98 Å². The van der Waals surface area contributed by atoms with Crippen molar-refractivity contribution in [1.29, 1.82) is 0 Å². The predicted octanol–water partition coefficient (Wildman–Crippen LogP) is 3.00. The van der Waals surface area contributed by atoms with Crippen LogP contribution in [-0.4, -0.2) is 11.5 Å². The molecule has 0 unspecified atom stereocenters. The van der Waals surface area contributed by atoms with Gasteiger partial charge in [-0.15, -0.1) is 0 Å². The van der Waals surface area contributed by atoms with Crippen LogP contribution in [0.4, 0.5) is 4.39 Å². The molecule has 1 heterocycles. The minimum absolute atomic E-state index is 0.175. The molecule has 0 aliphatic rings. The van der Waals surface area contributed by atoms with Gasteiger partial charge in [0, 0.05) is 23.9 Å². The lowest BCUT2D eigenvalue weighted by Gasteiger charge is -2.07. The molecule has 88 valence electrons. The molecule has 1 aromatic carbocycles. The zero-order chi connectivity index (χ0) is 12.1. The molecule has 0 fully saturated rings. The first-order chi connectivity index (χ1) is 8.31. The Morgan fingerprint density at radius 1 is 1.24 bits per heavy atom. The van der Waals surface area contributed by atoms with Crippen molar-refractivity contribution in [2.45, 2.75) is 13.5 Å². The van der Waals surface area contributed by atoms with Crippen LogP contribution in [0.15, 0.2) is 42.6 Å². The van der Waals surface area contributed by atoms with Gasteiger partial charge in [-0.05, 0) is 36.9 Å². The molecule has 17 heavy (non-hydrogen) atoms. The SMILES string of the molecule is CCNCc1cc(-c2ccccn2)ccc1F. The lowest BCUT2D eigenvalue weighted by atomic mass is 10.1. The molecule has 0 saturated carbocycles. The van der Waals surface area contributed by atoms with E-state index in [1.807, 2.05) is 31.2 Å². The molecule has 0 aliphatic carbocycles. The van der Waals surface area contributed by atoms with Gasteiger partial charge in [0.1, 0.15) is 5.82 Å². The number of nitrogens with zero attached hydrogens (tertiary/aromatic N) is 1. The summed E-state index contributed by atoms with van der Waals surface area (Å²) in [5.41, 5.74) is 2.49. The van der Waals surface area contributed by atoms with Crippen molar-refractivity contribution in [3.8, 4) is 11.3 Å². The zero-order valence-electron chi connectivity index (χ0n) is 9.78. The Kier molecular flexibility index (Phi) is 3.83. The fourth-order valence-corrected chi connectivity index (χ4v) is 1.66. The first kappa shape index (κ1) is 11.7. The summed E-state index contributed by atoms with van der Waals surface area (Å²) in [5, 5.41) is 3.12. The Balaban J connectivity index is 2.31. The summed E-state index contributed by atoms with van der Waals surface area (Å²) < 4.78 is 13.5. The maximum absolute atomic E-state index is 13.5. The van der Waals surface area contributed by atoms with E-state index in [1.165, 1.54) is 6.07 Å². The quantitative estimate of drug-likeness (QED) is 0.873. The van der Waals surface area contributed by atoms with Gasteiger partial charge in [0.25, 0.3) is 0 Å². The monoisotopic (exact) mass is 230 g/mol. The van der Waals surface area contributed by atoms with Gasteiger partial charge in [0.15, 0.2) is 0 Å². The third-order valence-electron chi connectivity index (χ3n) is 2.57. The second kappa shape index (κ2) is 5.55. The molecular formula is C14H15FN2. The Morgan fingerprint density at radius 2 is 2.12 bits per heavy atom. The summed E-state index contributed by atoms with van der Waals surface area (Å²) in [6, 6.07) is 10.8. The van der Waals surface area contributed by atoms with Crippen LogP contribution in [0, 0.1) is 5.82 Å². The smallest absolute Gasteiger partial charge is 0.127 e. The summed E-state index contributed by atoms with van der Waals surface area (Å²) in [6.07, 6.45) is 1.74. The highest BCUT2D eigenvalue weighted by Crippen LogP contribution is 2.19. The molecule has 0 spiro atoms. The Morgan fingerprint density at radius 3 is 2.82 bits per heavy atom. The molecule has 2 nitrogen and oxygen atoms in total. The Bertz CT molecular complexity index is 483. The molecule has 3 heteroatoms. The summed E-state index contributed by atoms with van der Waals surface area (Å²) in [6.45, 7) is 3.37. The molecule has 0 atom stereocenters. The number of benzene rings is 1. The second-order valence-corrected chi connectivity index (χ2v) is 3.80. The number of hydrogen-bond acceptors (Lipinski definition) is 2. The minimum atomic E-state index is -0.175. The van der Waals surface area contributed by atoms with Crippen molar-refractivity contribution >= 4 is 0 Å². The van der Waals surface area contributed by atoms with E-state index in [-0.39, 0.29) is 5.82 Å². The van der Waals surface area contributed by atoms with Crippen molar-refractivity contribution in [3.63, 3.8) is 0 Å². The van der Waals surface area contributed by atoms with Crippen LogP contribution in [0.2, 0.25) is 0 Å². The predicted molar refractivity (Wildman–Crippen MR) is 67.0 cm³/mol. The van der Waals surface area contributed by atoms with E-state index < -0.39 is 0 Å². The van der Waals surface area contributed by atoms with Crippen LogP contribution >= 0.6 is 0 Å². The third kappa shape index (κ3) is 2.88. The average Bonchev–Trinajstić information content (AvgIpc) is 2.39. The first-order valence-electron chi connectivity index (χ1n) is 5.72. The molecule has 0 saturated heterocycles. The van der Waals surface area contributed by atoms with E-state index >= 15 is 0 Å². The fourth-order valence-electron chi connectivity index (χ4n) is 1.66. The second-order valence-electron chi connectivity index (χ2n) is 3.80. The van der Waals surface area contributed by atoms with Gasteiger partial charge in [0.2, 0.25) is 0 Å². The number of nitrogens with one attached hydrogen (secondary N) is 1. The van der Waals surface area contributed by atoms with E-state index in [0.717, 1.165) is 17.8 Å². The molecular weight excluding hydrogens is 215 g/mol. The van der Waals surface area contributed by atoms with Gasteiger partial charge in [-0.1, -0.05) is 13.0 Å². The molecule has 0 aliphatic heterocycles. The summed E-state index contributed by atoms with van der Waals surface area (Å²) in [4.78, 5) is 4.26. The van der Waals surface area contributed by atoms with Crippen LogP contribution in [-0.2, 0) is 6.54 Å². The third-order valence-corrected chi connectivity index (χ3v) is 2.57. The standard InChI is InChI=1S/C14H15FN2/c1-2-16-10-12-9-11(6-7-13(12)15)14-5-3-4-8-17-14/h3-9,16H,2,10H2,1H3. The molecule has 1 N–H and O–H groups in total. The summed E-state index contributed by atoms with van der Waals surface area (Å²) >= 11 is 0. The van der Waals surface area contributed by atoms with Crippen LogP contribution < -0.4 is 5.32 Å². The van der Waals surface area contributed by atoms with Gasteiger partial charge < -0.3 is 5.32 Å². The lowest BCUT2D eigenvalue weighted by Crippen LogP contribution is -2.13. The number of pyridine rings is 1. The number of halogens is 1. The van der Waals surface area contributed by atoms with Crippen molar-refractivity contribution in [2.24, 2.45) is 0 Å². The number of aromatic nitrogens is 1. The average molecular weight is 230 g/mol. The van der Waals surface area contributed by atoms with Crippen LogP contribution in [0.3, 0.4) is 0 Å². The van der Waals surface area contributed by atoms with E-state index in [4.69, 9.17) is 0 Å². The molecule has 0 radical (unpaired) electrons. The van der Waals surface area contributed by atoms with Crippen molar-refractivity contribution in [1.82, 2.24) is 10.3 Å². The highest BCUT2D eigenvalue weighted by Gasteiger charge is 2.05. The molecule has 0 bridgehead atoms. The van der Waals surface area contributed by atoms with Gasteiger partial charge >= 0.3 is 0 Å². The minimum Gasteiger partial charge on any atom is -0.313 e. The Hall–Kier alpha value is -1.74. The van der Waals surface area contributed by atoms with Gasteiger partial charge in [-0.2, -0.15) is 0 Å². The highest BCUT2D eigenvalue weighted by molar-refractivity contribution is 5.59. The van der Waals surface area contributed by atoms with Gasteiger partial charge in [0.05, 0.1) is 5.69 Å². The number of rotatable bonds is 4. The van der Waals surface area contributed by atoms with Crippen molar-refractivity contribution < 1.29 is 4.39 Å². The highest BCUT2D eigenvalue weighted by atomic mass is 19.1. The molecule has 2 aromatic rings. The Labute approximate surface area is 101 Å². The van der Waals surface area contributed by atoms with E-state index in [1.54, 1.807) is 12.3 Å². The molecule has 1 aromatic heterocycles. The van der Waals surface area contributed by atoms with Crippen LogP contribution in [0.1, 0.15) is 12.5 Å². The van der Waals surface area contributed by atoms with Gasteiger partial charge in [-0.25, -0.2) is 4.39 Å². The molecule has 0 amide bonds. The van der Waals surface area contributed by atoms with Crippen molar-refractivity contribution in [3.05, 3.63) is 54.0 Å². The van der Waals surface area contributed by atoms with Crippen LogP contribution in [0.25, 0.3) is 11.3 Å². The lowest BCUT2D eigenvalue weighted by molar-refractivity contribution is 0.593. The fraction of sp³-hybridized carbons (Fsp3) is 0.214. The zero-order valence-corrected chi connectivity index (χ0v) is 9.78. The van der Waals surface area contributed by atoms with E-state index in [2.05, 4.69) is 10.3 Å². The maximum atomic E-state index is 13.5. The normalized spacial score (nSPS) is 10.5. The maximum Gasteiger partial charge on any atom is 0.127 e. The largest absolute Gasteiger partial charge is 0.313 e. The van der Waals surface area contributed by atoms with E-state index in [0.29, 0.717) is 12.1 Å². The number of hydrogen-bond donors (Lipinski definition) is 1. The topological polar surface area (TPSA) is 24.9 Å².